The lowest BCUT2D eigenvalue weighted by Gasteiger charge is -2.19. The van der Waals surface area contributed by atoms with Crippen molar-refractivity contribution in [3.8, 4) is 10.7 Å². The molecular weight excluding hydrogens is 568 g/mol. The van der Waals surface area contributed by atoms with Crippen molar-refractivity contribution in [3.05, 3.63) is 69.8 Å². The van der Waals surface area contributed by atoms with Crippen molar-refractivity contribution >= 4 is 56.1 Å². The Kier molecular flexibility index (Phi) is 8.74. The zero-order valence-electron chi connectivity index (χ0n) is 20.9. The number of hydrogen-bond acceptors (Lipinski definition) is 6. The van der Waals surface area contributed by atoms with E-state index in [-0.39, 0.29) is 11.9 Å². The molecule has 4 rings (SSSR count). The summed E-state index contributed by atoms with van der Waals surface area (Å²) in [6.07, 6.45) is 3.37. The number of aliphatic imine (C=N–C) groups is 1. The first-order chi connectivity index (χ1) is 18.2. The topological polar surface area (TPSA) is 159 Å². The van der Waals surface area contributed by atoms with E-state index in [4.69, 9.17) is 22.2 Å². The van der Waals surface area contributed by atoms with Gasteiger partial charge in [-0.15, -0.1) is 11.3 Å². The number of rotatable bonds is 11. The number of pyridine rings is 1. The van der Waals surface area contributed by atoms with Crippen LogP contribution in [-0.4, -0.2) is 57.3 Å². The largest absolute Gasteiger partial charge is 0.370 e. The molecule has 4 aromatic rings. The zero-order valence-corrected chi connectivity index (χ0v) is 23.3. The van der Waals surface area contributed by atoms with Crippen molar-refractivity contribution in [3.63, 3.8) is 0 Å². The van der Waals surface area contributed by atoms with Gasteiger partial charge in [0.2, 0.25) is 5.91 Å². The molecule has 6 N–H and O–H groups in total. The molecule has 3 aromatic heterocycles. The second-order valence-electron chi connectivity index (χ2n) is 8.80. The smallest absolute Gasteiger partial charge is 0.253 e. The molecule has 0 saturated heterocycles. The number of nitrogens with zero attached hydrogens (tertiary/aromatic N) is 5. The van der Waals surface area contributed by atoms with Gasteiger partial charge in [0.1, 0.15) is 6.04 Å². The first-order valence-corrected chi connectivity index (χ1v) is 13.7. The summed E-state index contributed by atoms with van der Waals surface area (Å²) in [6, 6.07) is 12.3. The van der Waals surface area contributed by atoms with E-state index in [1.54, 1.807) is 30.3 Å². The van der Waals surface area contributed by atoms with Crippen LogP contribution in [0.5, 0.6) is 0 Å². The summed E-state index contributed by atoms with van der Waals surface area (Å²) in [5, 5.41) is 1.95. The van der Waals surface area contributed by atoms with E-state index in [2.05, 4.69) is 25.9 Å². The minimum Gasteiger partial charge on any atom is -0.370 e. The number of imidazole rings is 1. The van der Waals surface area contributed by atoms with Crippen LogP contribution in [0.3, 0.4) is 0 Å². The number of halogens is 1. The Bertz CT molecular complexity index is 1460. The minimum absolute atomic E-state index is 0.0000245. The predicted molar refractivity (Wildman–Crippen MR) is 154 cm³/mol. The fraction of sp³-hybridized carbons (Fsp3) is 0.269. The number of carbonyl (C=O) groups is 2. The van der Waals surface area contributed by atoms with Crippen molar-refractivity contribution in [2.45, 2.75) is 25.3 Å². The SMILES string of the molecule is CN(CCc1ccccn1)C(=O)c1ccc2c(c1)nc(-c1cc(Br)cs1)n2[C@@H](CCCN=C(N)N)C(N)=O. The third-order valence-corrected chi connectivity index (χ3v) is 7.76. The van der Waals surface area contributed by atoms with E-state index in [1.165, 1.54) is 11.3 Å². The van der Waals surface area contributed by atoms with Crippen molar-refractivity contribution in [2.75, 3.05) is 20.1 Å². The second-order valence-corrected chi connectivity index (χ2v) is 10.6. The van der Waals surface area contributed by atoms with Gasteiger partial charge in [-0.3, -0.25) is 19.6 Å². The molecule has 0 radical (unpaired) electrons. The van der Waals surface area contributed by atoms with E-state index in [0.717, 1.165) is 15.0 Å². The average molecular weight is 598 g/mol. The number of thiophene rings is 1. The number of carbonyl (C=O) groups excluding carboxylic acids is 2. The summed E-state index contributed by atoms with van der Waals surface area (Å²) in [4.78, 5) is 41.5. The van der Waals surface area contributed by atoms with Crippen LogP contribution in [0.2, 0.25) is 0 Å². The molecule has 12 heteroatoms. The van der Waals surface area contributed by atoms with Crippen LogP contribution in [0, 0.1) is 0 Å². The van der Waals surface area contributed by atoms with Crippen LogP contribution < -0.4 is 17.2 Å². The molecule has 0 aliphatic heterocycles. The van der Waals surface area contributed by atoms with Crippen LogP contribution >= 0.6 is 27.3 Å². The van der Waals surface area contributed by atoms with Crippen LogP contribution in [-0.2, 0) is 11.2 Å². The van der Waals surface area contributed by atoms with Crippen LogP contribution in [0.15, 0.2) is 63.5 Å². The number of primary amides is 1. The molecule has 0 saturated carbocycles. The molecule has 2 amide bonds. The lowest BCUT2D eigenvalue weighted by atomic mass is 10.1. The Morgan fingerprint density at radius 3 is 2.66 bits per heavy atom. The molecule has 0 bridgehead atoms. The standard InChI is InChI=1S/C26H29BrN8O2S/c1-34(12-9-18-5-2-3-10-31-18)25(37)16-7-8-20-19(13-16)33-24(22-14-17(27)15-38-22)35(20)21(23(28)36)6-4-11-32-26(29)30/h2-3,5,7-8,10,13-15,21H,4,6,9,11-12H2,1H3,(H2,28,36)(H4,29,30,32)/t21-/m0/s1. The van der Waals surface area contributed by atoms with Gasteiger partial charge in [-0.2, -0.15) is 0 Å². The molecule has 10 nitrogen and oxygen atoms in total. The highest BCUT2D eigenvalue weighted by Gasteiger charge is 2.26. The average Bonchev–Trinajstić information content (AvgIpc) is 3.50. The van der Waals surface area contributed by atoms with E-state index >= 15 is 0 Å². The van der Waals surface area contributed by atoms with Crippen molar-refractivity contribution in [1.82, 2.24) is 19.4 Å². The van der Waals surface area contributed by atoms with Gasteiger partial charge < -0.3 is 26.7 Å². The van der Waals surface area contributed by atoms with Gasteiger partial charge in [0.25, 0.3) is 5.91 Å². The van der Waals surface area contributed by atoms with Gasteiger partial charge in [0, 0.05) is 53.9 Å². The number of likely N-dealkylation sites (N-methyl/N-ethyl adjacent to an activating group) is 1. The summed E-state index contributed by atoms with van der Waals surface area (Å²) in [7, 11) is 1.77. The lowest BCUT2D eigenvalue weighted by molar-refractivity contribution is -0.121. The number of amides is 2. The van der Waals surface area contributed by atoms with Gasteiger partial charge in [0.15, 0.2) is 11.8 Å². The quantitative estimate of drug-likeness (QED) is 0.137. The van der Waals surface area contributed by atoms with E-state index in [1.807, 2.05) is 40.3 Å². The normalized spacial score (nSPS) is 11.8. The summed E-state index contributed by atoms with van der Waals surface area (Å²) >= 11 is 4.99. The Morgan fingerprint density at radius 2 is 2.00 bits per heavy atom. The van der Waals surface area contributed by atoms with Crippen LogP contribution in [0.25, 0.3) is 21.7 Å². The van der Waals surface area contributed by atoms with Crippen LogP contribution in [0.1, 0.15) is 34.9 Å². The highest BCUT2D eigenvalue weighted by Crippen LogP contribution is 2.35. The van der Waals surface area contributed by atoms with Gasteiger partial charge in [-0.05, 0) is 65.2 Å². The monoisotopic (exact) mass is 596 g/mol. The van der Waals surface area contributed by atoms with Gasteiger partial charge in [-0.1, -0.05) is 6.07 Å². The Hall–Kier alpha value is -3.77. The Balaban J connectivity index is 1.66. The number of aromatic nitrogens is 3. The van der Waals surface area contributed by atoms with E-state index in [9.17, 15) is 9.59 Å². The van der Waals surface area contributed by atoms with E-state index in [0.29, 0.717) is 54.8 Å². The Labute approximate surface area is 232 Å². The molecule has 3 heterocycles. The number of hydrogen-bond donors (Lipinski definition) is 3. The van der Waals surface area contributed by atoms with Crippen molar-refractivity contribution in [2.24, 2.45) is 22.2 Å². The second kappa shape index (κ2) is 12.2. The summed E-state index contributed by atoms with van der Waals surface area (Å²) in [5.74, 6) is -0.00348. The summed E-state index contributed by atoms with van der Waals surface area (Å²) in [5.41, 5.74) is 19.5. The third-order valence-electron chi connectivity index (χ3n) is 6.07. The third kappa shape index (κ3) is 6.37. The molecule has 0 unspecified atom stereocenters. The molecule has 0 fully saturated rings. The predicted octanol–water partition coefficient (Wildman–Crippen LogP) is 3.32. The molecule has 0 spiro atoms. The molecule has 38 heavy (non-hydrogen) atoms. The molecular formula is C26H29BrN8O2S. The number of fused-ring (bicyclic) bond motifs is 1. The van der Waals surface area contributed by atoms with Crippen molar-refractivity contribution < 1.29 is 9.59 Å². The van der Waals surface area contributed by atoms with Gasteiger partial charge in [-0.25, -0.2) is 4.98 Å². The molecule has 1 atom stereocenters. The first kappa shape index (κ1) is 27.3. The van der Waals surface area contributed by atoms with Gasteiger partial charge >= 0.3 is 0 Å². The van der Waals surface area contributed by atoms with E-state index < -0.39 is 11.9 Å². The highest BCUT2D eigenvalue weighted by molar-refractivity contribution is 9.10. The minimum atomic E-state index is -0.673. The maximum Gasteiger partial charge on any atom is 0.253 e. The molecule has 198 valence electrons. The number of guanidine groups is 1. The van der Waals surface area contributed by atoms with Crippen molar-refractivity contribution in [1.29, 1.82) is 0 Å². The first-order valence-electron chi connectivity index (χ1n) is 12.0. The van der Waals surface area contributed by atoms with Crippen LogP contribution in [0.4, 0.5) is 0 Å². The zero-order chi connectivity index (χ0) is 27.2. The Morgan fingerprint density at radius 1 is 1.18 bits per heavy atom. The summed E-state index contributed by atoms with van der Waals surface area (Å²) < 4.78 is 2.76. The summed E-state index contributed by atoms with van der Waals surface area (Å²) in [6.45, 7) is 0.901. The highest BCUT2D eigenvalue weighted by atomic mass is 79.9. The number of benzene rings is 1. The van der Waals surface area contributed by atoms with Gasteiger partial charge in [0.05, 0.1) is 15.9 Å². The molecule has 0 aliphatic carbocycles. The molecule has 1 aromatic carbocycles. The molecule has 0 aliphatic rings. The fourth-order valence-corrected chi connectivity index (χ4v) is 5.61. The lowest BCUT2D eigenvalue weighted by Crippen LogP contribution is -2.29. The maximum absolute atomic E-state index is 13.2. The number of nitrogens with two attached hydrogens (primary N) is 3. The maximum atomic E-state index is 13.2. The fourth-order valence-electron chi connectivity index (χ4n) is 4.19.